The maximum atomic E-state index is 13.6. The molecule has 4 nitrogen and oxygen atoms in total. The van der Waals surface area contributed by atoms with Crippen LogP contribution in [0.25, 0.3) is 0 Å². The molecule has 5 N–H and O–H groups in total. The molecule has 17 heavy (non-hydrogen) atoms. The molecular formula is C12H19FN2O2. The minimum atomic E-state index is -1.26. The molecule has 0 saturated heterocycles. The van der Waals surface area contributed by atoms with E-state index in [2.05, 4.69) is 5.32 Å². The second-order valence-electron chi connectivity index (χ2n) is 4.13. The minimum Gasteiger partial charge on any atom is -0.399 e. The van der Waals surface area contributed by atoms with Crippen LogP contribution in [0.1, 0.15) is 23.7 Å². The van der Waals surface area contributed by atoms with Crippen molar-refractivity contribution in [1.82, 2.24) is 5.32 Å². The van der Waals surface area contributed by atoms with Crippen LogP contribution in [0.15, 0.2) is 12.1 Å². The second-order valence-corrected chi connectivity index (χ2v) is 4.13. The van der Waals surface area contributed by atoms with Gasteiger partial charge >= 0.3 is 0 Å². The third-order valence-corrected chi connectivity index (χ3v) is 2.76. The maximum Gasteiger partial charge on any atom is 0.129 e. The number of hydrogen-bond donors (Lipinski definition) is 4. The number of nitrogen functional groups attached to an aromatic ring is 1. The number of aryl methyl sites for hydroxylation is 1. The first-order chi connectivity index (χ1) is 7.97. The third-order valence-electron chi connectivity index (χ3n) is 2.76. The summed E-state index contributed by atoms with van der Waals surface area (Å²) in [5, 5.41) is 22.4. The molecule has 0 radical (unpaired) electrons. The van der Waals surface area contributed by atoms with Gasteiger partial charge in [0.1, 0.15) is 11.9 Å². The van der Waals surface area contributed by atoms with E-state index in [1.807, 2.05) is 0 Å². The molecule has 0 amide bonds. The molecule has 2 atom stereocenters. The molecule has 5 heteroatoms. The van der Waals surface area contributed by atoms with Gasteiger partial charge < -0.3 is 21.3 Å². The van der Waals surface area contributed by atoms with Gasteiger partial charge in [0.15, 0.2) is 0 Å². The normalized spacial score (nSPS) is 14.6. The Bertz CT molecular complexity index is 385. The van der Waals surface area contributed by atoms with Crippen molar-refractivity contribution >= 4 is 5.69 Å². The Kier molecular flexibility index (Phi) is 4.86. The fourth-order valence-electron chi connectivity index (χ4n) is 1.59. The van der Waals surface area contributed by atoms with Crippen molar-refractivity contribution < 1.29 is 14.6 Å². The number of halogens is 1. The van der Waals surface area contributed by atoms with Gasteiger partial charge in [-0.3, -0.25) is 0 Å². The lowest BCUT2D eigenvalue weighted by Gasteiger charge is -2.19. The van der Waals surface area contributed by atoms with E-state index in [-0.39, 0.29) is 5.56 Å². The predicted molar refractivity (Wildman–Crippen MR) is 65.1 cm³/mol. The van der Waals surface area contributed by atoms with E-state index < -0.39 is 18.0 Å². The van der Waals surface area contributed by atoms with Gasteiger partial charge in [0.25, 0.3) is 0 Å². The lowest BCUT2D eigenvalue weighted by molar-refractivity contribution is 0.0120. The van der Waals surface area contributed by atoms with E-state index in [0.717, 1.165) is 0 Å². The number of aliphatic hydroxyl groups is 2. The highest BCUT2D eigenvalue weighted by Crippen LogP contribution is 2.25. The Morgan fingerprint density at radius 3 is 2.65 bits per heavy atom. The fraction of sp³-hybridized carbons (Fsp3) is 0.500. The van der Waals surface area contributed by atoms with Gasteiger partial charge in [0, 0.05) is 11.3 Å². The quantitative estimate of drug-likeness (QED) is 0.574. The smallest absolute Gasteiger partial charge is 0.129 e. The summed E-state index contributed by atoms with van der Waals surface area (Å²) < 4.78 is 13.6. The molecule has 2 unspecified atom stereocenters. The first-order valence-corrected chi connectivity index (χ1v) is 5.53. The summed E-state index contributed by atoms with van der Waals surface area (Å²) in [7, 11) is 1.74. The first-order valence-electron chi connectivity index (χ1n) is 5.53. The number of nitrogens with two attached hydrogens (primary N) is 1. The highest BCUT2D eigenvalue weighted by Gasteiger charge is 2.21. The second kappa shape index (κ2) is 5.95. The zero-order valence-electron chi connectivity index (χ0n) is 10.1. The van der Waals surface area contributed by atoms with Crippen LogP contribution in [0.4, 0.5) is 10.1 Å². The molecule has 0 aromatic heterocycles. The van der Waals surface area contributed by atoms with Gasteiger partial charge in [0.2, 0.25) is 0 Å². The average molecular weight is 242 g/mol. The zero-order valence-corrected chi connectivity index (χ0v) is 10.1. The van der Waals surface area contributed by atoms with E-state index in [1.165, 1.54) is 12.1 Å². The van der Waals surface area contributed by atoms with Gasteiger partial charge in [0.05, 0.1) is 6.10 Å². The van der Waals surface area contributed by atoms with Crippen molar-refractivity contribution in [2.45, 2.75) is 25.6 Å². The van der Waals surface area contributed by atoms with E-state index in [4.69, 9.17) is 5.73 Å². The Balaban J connectivity index is 2.88. The van der Waals surface area contributed by atoms with Crippen molar-refractivity contribution in [2.24, 2.45) is 0 Å². The molecule has 1 aromatic rings. The Hall–Kier alpha value is -1.17. The van der Waals surface area contributed by atoms with Gasteiger partial charge in [-0.1, -0.05) is 0 Å². The molecule has 0 fully saturated rings. The first kappa shape index (κ1) is 13.9. The standard InChI is InChI=1S/C12H19FN2O2/c1-7-5-9(13)8(6-10(7)14)12(17)11(16)3-4-15-2/h5-6,11-12,15-17H,3-4,14H2,1-2H3. The Morgan fingerprint density at radius 2 is 2.06 bits per heavy atom. The number of hydrogen-bond acceptors (Lipinski definition) is 4. The molecule has 0 spiro atoms. The van der Waals surface area contributed by atoms with E-state index >= 15 is 0 Å². The number of aliphatic hydroxyl groups excluding tert-OH is 2. The van der Waals surface area contributed by atoms with Crippen molar-refractivity contribution in [3.05, 3.63) is 29.1 Å². The molecule has 0 bridgehead atoms. The summed E-state index contributed by atoms with van der Waals surface area (Å²) in [6.07, 6.45) is -1.93. The molecule has 1 rings (SSSR count). The topological polar surface area (TPSA) is 78.5 Å². The Morgan fingerprint density at radius 1 is 1.41 bits per heavy atom. The molecular weight excluding hydrogens is 223 g/mol. The predicted octanol–water partition coefficient (Wildman–Crippen LogP) is 0.720. The van der Waals surface area contributed by atoms with Crippen LogP contribution in [-0.2, 0) is 0 Å². The molecule has 0 saturated carbocycles. The molecule has 1 aromatic carbocycles. The third kappa shape index (κ3) is 3.39. The summed E-state index contributed by atoms with van der Waals surface area (Å²) in [4.78, 5) is 0. The highest BCUT2D eigenvalue weighted by molar-refractivity contribution is 5.49. The minimum absolute atomic E-state index is 0.0386. The summed E-state index contributed by atoms with van der Waals surface area (Å²) in [6.45, 7) is 2.23. The monoisotopic (exact) mass is 242 g/mol. The SMILES string of the molecule is CNCCC(O)C(O)c1cc(N)c(C)cc1F. The van der Waals surface area contributed by atoms with Crippen LogP contribution in [0.3, 0.4) is 0 Å². The average Bonchev–Trinajstić information content (AvgIpc) is 2.29. The van der Waals surface area contributed by atoms with Crippen LogP contribution in [0.5, 0.6) is 0 Å². The lowest BCUT2D eigenvalue weighted by atomic mass is 9.99. The summed E-state index contributed by atoms with van der Waals surface area (Å²) in [5.74, 6) is -0.548. The van der Waals surface area contributed by atoms with Crippen molar-refractivity contribution in [1.29, 1.82) is 0 Å². The van der Waals surface area contributed by atoms with Gasteiger partial charge in [-0.2, -0.15) is 0 Å². The molecule has 0 aliphatic heterocycles. The van der Waals surface area contributed by atoms with Crippen molar-refractivity contribution in [3.8, 4) is 0 Å². The van der Waals surface area contributed by atoms with Gasteiger partial charge in [-0.05, 0) is 44.6 Å². The van der Waals surface area contributed by atoms with Crippen LogP contribution < -0.4 is 11.1 Å². The lowest BCUT2D eigenvalue weighted by Crippen LogP contribution is -2.24. The van der Waals surface area contributed by atoms with Gasteiger partial charge in [-0.25, -0.2) is 4.39 Å². The highest BCUT2D eigenvalue weighted by atomic mass is 19.1. The fourth-order valence-corrected chi connectivity index (χ4v) is 1.59. The van der Waals surface area contributed by atoms with Crippen LogP contribution in [0.2, 0.25) is 0 Å². The number of nitrogens with one attached hydrogen (secondary N) is 1. The Labute approximate surface area is 100 Å². The van der Waals surface area contributed by atoms with Crippen LogP contribution in [0, 0.1) is 12.7 Å². The summed E-state index contributed by atoms with van der Waals surface area (Å²) >= 11 is 0. The molecule has 0 aliphatic carbocycles. The zero-order chi connectivity index (χ0) is 13.0. The largest absolute Gasteiger partial charge is 0.399 e. The maximum absolute atomic E-state index is 13.6. The number of rotatable bonds is 5. The van der Waals surface area contributed by atoms with E-state index in [1.54, 1.807) is 14.0 Å². The van der Waals surface area contributed by atoms with E-state index in [0.29, 0.717) is 24.2 Å². The molecule has 96 valence electrons. The van der Waals surface area contributed by atoms with Crippen molar-refractivity contribution in [3.63, 3.8) is 0 Å². The molecule has 0 aliphatic rings. The molecule has 0 heterocycles. The number of anilines is 1. The van der Waals surface area contributed by atoms with Gasteiger partial charge in [-0.15, -0.1) is 0 Å². The van der Waals surface area contributed by atoms with Crippen LogP contribution in [-0.4, -0.2) is 29.9 Å². The van der Waals surface area contributed by atoms with Crippen LogP contribution >= 0.6 is 0 Å². The summed E-state index contributed by atoms with van der Waals surface area (Å²) in [6, 6.07) is 2.64. The summed E-state index contributed by atoms with van der Waals surface area (Å²) in [5.41, 5.74) is 6.71. The van der Waals surface area contributed by atoms with E-state index in [9.17, 15) is 14.6 Å². The number of benzene rings is 1. The van der Waals surface area contributed by atoms with Crippen molar-refractivity contribution in [2.75, 3.05) is 19.3 Å².